The Morgan fingerprint density at radius 3 is 2.67 bits per heavy atom. The Balaban J connectivity index is 2.23. The van der Waals surface area contributed by atoms with Gasteiger partial charge in [0.25, 0.3) is 0 Å². The molecule has 0 spiro atoms. The topological polar surface area (TPSA) is 103 Å². The minimum absolute atomic E-state index is 0.320. The van der Waals surface area contributed by atoms with E-state index in [1.807, 2.05) is 0 Å². The van der Waals surface area contributed by atoms with Crippen LogP contribution in [0, 0.1) is 0 Å². The minimum Gasteiger partial charge on any atom is -0.387 e. The Hall–Kier alpha value is -0.670. The summed E-state index contributed by atoms with van der Waals surface area (Å²) < 4.78 is 28.0. The largest absolute Gasteiger partial charge is 0.387 e. The number of methoxy groups -OCH3 is 1. The van der Waals surface area contributed by atoms with Gasteiger partial charge in [-0.05, 0) is 28.5 Å². The molecule has 1 aliphatic rings. The maximum Gasteiger partial charge on any atom is 0.380 e. The van der Waals surface area contributed by atoms with E-state index in [0.29, 0.717) is 5.82 Å². The van der Waals surface area contributed by atoms with Crippen molar-refractivity contribution >= 4 is 34.4 Å². The van der Waals surface area contributed by atoms with Crippen LogP contribution in [0.15, 0.2) is 17.1 Å². The summed E-state index contributed by atoms with van der Waals surface area (Å²) in [6.45, 7) is -0.320. The number of hydrogen-bond acceptors (Lipinski definition) is 8. The van der Waals surface area contributed by atoms with Crippen molar-refractivity contribution in [1.82, 2.24) is 9.55 Å². The van der Waals surface area contributed by atoms with Gasteiger partial charge in [0, 0.05) is 27.4 Å². The normalized spacial score (nSPS) is 27.4. The number of hydrogen-bond donors (Lipinski definition) is 1. The van der Waals surface area contributed by atoms with Gasteiger partial charge in [-0.2, -0.15) is 4.98 Å². The monoisotopic (exact) mass is 401 g/mol. The van der Waals surface area contributed by atoms with Crippen molar-refractivity contribution in [2.24, 2.45) is 0 Å². The van der Waals surface area contributed by atoms with Gasteiger partial charge in [0.05, 0.1) is 6.61 Å². The van der Waals surface area contributed by atoms with Crippen LogP contribution in [-0.4, -0.2) is 60.8 Å². The zero-order chi connectivity index (χ0) is 18.1. The van der Waals surface area contributed by atoms with Gasteiger partial charge in [-0.15, -0.1) is 0 Å². The highest BCUT2D eigenvalue weighted by Gasteiger charge is 2.46. The van der Waals surface area contributed by atoms with Gasteiger partial charge < -0.3 is 24.0 Å². The molecule has 0 saturated carbocycles. The molecule has 12 heteroatoms. The smallest absolute Gasteiger partial charge is 0.380 e. The number of nitrogens with zero attached hydrogens (tertiary/aromatic N) is 3. The average molecular weight is 402 g/mol. The first kappa shape index (κ1) is 19.7. The van der Waals surface area contributed by atoms with Crippen LogP contribution in [0.1, 0.15) is 6.23 Å². The molecule has 1 N–H and O–H groups in total. The average Bonchev–Trinajstić information content (AvgIpc) is 2.80. The van der Waals surface area contributed by atoms with E-state index >= 15 is 0 Å². The van der Waals surface area contributed by atoms with Crippen LogP contribution in [0.4, 0.5) is 5.82 Å². The summed E-state index contributed by atoms with van der Waals surface area (Å²) in [6.07, 6.45) is -6.12. The maximum atomic E-state index is 12.2. The summed E-state index contributed by atoms with van der Waals surface area (Å²) in [5.74, 6) is 0.480. The summed E-state index contributed by atoms with van der Waals surface area (Å²) in [5.41, 5.74) is -0.567. The van der Waals surface area contributed by atoms with Crippen LogP contribution in [0.5, 0.6) is 0 Å². The number of halogens is 2. The van der Waals surface area contributed by atoms with E-state index in [-0.39, 0.29) is 6.61 Å². The Kier molecular flexibility index (Phi) is 6.30. The van der Waals surface area contributed by atoms with E-state index in [9.17, 15) is 14.5 Å². The predicted molar refractivity (Wildman–Crippen MR) is 88.8 cm³/mol. The standard InChI is InChI=1S/C12H18Cl2N3O6P/c1-16(2)8-4-5-17(12(19)15-8)11-10(21-3)9(18)7(23-11)6-22-24(13,14)20/h4-5,7,9-11,18H,6H2,1-3H3/t7-,9?,10?,11-/m1/s1. The summed E-state index contributed by atoms with van der Waals surface area (Å²) in [7, 11) is 4.88. The van der Waals surface area contributed by atoms with Gasteiger partial charge >= 0.3 is 11.8 Å². The number of aromatic nitrogens is 2. The highest BCUT2D eigenvalue weighted by molar-refractivity contribution is 8.05. The first-order valence-electron chi connectivity index (χ1n) is 6.91. The summed E-state index contributed by atoms with van der Waals surface area (Å²) >= 11 is 10.6. The van der Waals surface area contributed by atoms with Crippen LogP contribution in [0.25, 0.3) is 0 Å². The lowest BCUT2D eigenvalue weighted by Crippen LogP contribution is -2.37. The fraction of sp³-hybridized carbons (Fsp3) is 0.667. The highest BCUT2D eigenvalue weighted by Crippen LogP contribution is 2.57. The predicted octanol–water partition coefficient (Wildman–Crippen LogP) is 1.18. The maximum absolute atomic E-state index is 12.2. The van der Waals surface area contributed by atoms with E-state index in [1.54, 1.807) is 25.1 Å². The number of ether oxygens (including phenoxy) is 2. The molecule has 136 valence electrons. The molecule has 2 unspecified atom stereocenters. The lowest BCUT2D eigenvalue weighted by molar-refractivity contribution is -0.0597. The van der Waals surface area contributed by atoms with Gasteiger partial charge in [-0.25, -0.2) is 4.79 Å². The van der Waals surface area contributed by atoms with Gasteiger partial charge in [0.1, 0.15) is 24.1 Å². The molecule has 0 aromatic carbocycles. The quantitative estimate of drug-likeness (QED) is 0.708. The van der Waals surface area contributed by atoms with Gasteiger partial charge in [-0.3, -0.25) is 9.13 Å². The second-order valence-electron chi connectivity index (χ2n) is 5.34. The third-order valence-corrected chi connectivity index (χ3v) is 4.56. The molecule has 1 fully saturated rings. The molecule has 1 saturated heterocycles. The minimum atomic E-state index is -3.77. The molecule has 2 heterocycles. The third kappa shape index (κ3) is 4.49. The SMILES string of the molecule is COC1C(O)[C@@H](COP(=O)(Cl)Cl)O[C@H]1n1ccc(N(C)C)nc1=O. The Labute approximate surface area is 148 Å². The van der Waals surface area contributed by atoms with Gasteiger partial charge in [-0.1, -0.05) is 0 Å². The second-order valence-corrected chi connectivity index (χ2v) is 9.61. The van der Waals surface area contributed by atoms with E-state index < -0.39 is 36.3 Å². The molecular formula is C12H18Cl2N3O6P. The lowest BCUT2D eigenvalue weighted by atomic mass is 10.1. The van der Waals surface area contributed by atoms with Crippen molar-refractivity contribution in [3.63, 3.8) is 0 Å². The van der Waals surface area contributed by atoms with Gasteiger partial charge in [0.15, 0.2) is 6.23 Å². The van der Waals surface area contributed by atoms with Crippen molar-refractivity contribution in [2.45, 2.75) is 24.5 Å². The van der Waals surface area contributed by atoms with Crippen LogP contribution >= 0.6 is 28.6 Å². The fourth-order valence-corrected chi connectivity index (χ4v) is 3.00. The first-order valence-corrected chi connectivity index (χ1v) is 10.3. The summed E-state index contributed by atoms with van der Waals surface area (Å²) in [6, 6.07) is 1.62. The summed E-state index contributed by atoms with van der Waals surface area (Å²) in [5, 5.41) is 10.3. The molecule has 2 rings (SSSR count). The van der Waals surface area contributed by atoms with E-state index in [4.69, 9.17) is 36.5 Å². The number of aliphatic hydroxyl groups excluding tert-OH is 1. The fourth-order valence-electron chi connectivity index (χ4n) is 2.34. The molecular weight excluding hydrogens is 384 g/mol. The van der Waals surface area contributed by atoms with Crippen molar-refractivity contribution in [2.75, 3.05) is 32.7 Å². The lowest BCUT2D eigenvalue weighted by Gasteiger charge is -2.21. The zero-order valence-corrected chi connectivity index (χ0v) is 15.6. The first-order chi connectivity index (χ1) is 11.1. The van der Waals surface area contributed by atoms with E-state index in [0.717, 1.165) is 0 Å². The molecule has 0 aliphatic carbocycles. The van der Waals surface area contributed by atoms with Crippen molar-refractivity contribution < 1.29 is 23.7 Å². The number of aliphatic hydroxyl groups is 1. The molecule has 4 atom stereocenters. The van der Waals surface area contributed by atoms with Crippen molar-refractivity contribution in [1.29, 1.82) is 0 Å². The van der Waals surface area contributed by atoms with Crippen LogP contribution in [-0.2, 0) is 18.6 Å². The summed E-state index contributed by atoms with van der Waals surface area (Å²) in [4.78, 5) is 17.8. The van der Waals surface area contributed by atoms with E-state index in [1.165, 1.54) is 17.9 Å². The number of rotatable bonds is 6. The van der Waals surface area contributed by atoms with E-state index in [2.05, 4.69) is 4.98 Å². The van der Waals surface area contributed by atoms with Crippen LogP contribution < -0.4 is 10.6 Å². The molecule has 0 radical (unpaired) electrons. The Morgan fingerprint density at radius 1 is 1.50 bits per heavy atom. The highest BCUT2D eigenvalue weighted by atomic mass is 35.9. The molecule has 24 heavy (non-hydrogen) atoms. The van der Waals surface area contributed by atoms with Crippen molar-refractivity contribution in [3.8, 4) is 0 Å². The number of anilines is 1. The molecule has 1 aromatic rings. The van der Waals surface area contributed by atoms with Crippen LogP contribution in [0.3, 0.4) is 0 Å². The molecule has 0 bridgehead atoms. The zero-order valence-electron chi connectivity index (χ0n) is 13.2. The Morgan fingerprint density at radius 2 is 2.17 bits per heavy atom. The van der Waals surface area contributed by atoms with Gasteiger partial charge in [0.2, 0.25) is 0 Å². The molecule has 0 amide bonds. The molecule has 9 nitrogen and oxygen atoms in total. The second kappa shape index (κ2) is 7.70. The van der Waals surface area contributed by atoms with Crippen molar-refractivity contribution in [3.05, 3.63) is 22.7 Å². The molecule has 1 aromatic heterocycles. The third-order valence-electron chi connectivity index (χ3n) is 3.52. The Bertz CT molecular complexity index is 681. The molecule has 1 aliphatic heterocycles. The van der Waals surface area contributed by atoms with Crippen LogP contribution in [0.2, 0.25) is 0 Å².